The molecule has 0 spiro atoms. The highest BCUT2D eigenvalue weighted by molar-refractivity contribution is 8.00. The van der Waals surface area contributed by atoms with Gasteiger partial charge in [0.2, 0.25) is 5.91 Å². The number of thioether (sulfide) groups is 1. The summed E-state index contributed by atoms with van der Waals surface area (Å²) in [6, 6.07) is 12.9. The summed E-state index contributed by atoms with van der Waals surface area (Å²) in [5, 5.41) is -0.494. The topological polar surface area (TPSA) is 20.3 Å². The van der Waals surface area contributed by atoms with Crippen LogP contribution in [0.1, 0.15) is 10.8 Å². The van der Waals surface area contributed by atoms with E-state index in [1.807, 2.05) is 30.3 Å². The Morgan fingerprint density at radius 1 is 1.05 bits per heavy atom. The van der Waals surface area contributed by atoms with Crippen LogP contribution in [0.4, 0.5) is 8.78 Å². The van der Waals surface area contributed by atoms with E-state index in [0.29, 0.717) is 4.90 Å². The van der Waals surface area contributed by atoms with Crippen LogP contribution in [0.3, 0.4) is 0 Å². The minimum Gasteiger partial charge on any atom is -0.348 e. The van der Waals surface area contributed by atoms with Crippen LogP contribution in [-0.4, -0.2) is 24.9 Å². The second-order valence-corrected chi connectivity index (χ2v) is 5.90. The number of halogens is 2. The normalized spacial score (nSPS) is 12.0. The molecule has 0 aliphatic carbocycles. The first-order valence-electron chi connectivity index (χ1n) is 6.37. The smallest absolute Gasteiger partial charge is 0.240 e. The molecule has 0 N–H and O–H groups in total. The van der Waals surface area contributed by atoms with Crippen molar-refractivity contribution in [2.75, 3.05) is 14.1 Å². The van der Waals surface area contributed by atoms with E-state index in [2.05, 4.69) is 0 Å². The molecule has 0 aromatic heterocycles. The van der Waals surface area contributed by atoms with Gasteiger partial charge in [0.05, 0.1) is 0 Å². The van der Waals surface area contributed by atoms with Crippen molar-refractivity contribution < 1.29 is 13.6 Å². The lowest BCUT2D eigenvalue weighted by Gasteiger charge is -2.20. The van der Waals surface area contributed by atoms with Crippen LogP contribution in [-0.2, 0) is 4.79 Å². The first-order chi connectivity index (χ1) is 9.99. The fourth-order valence-electron chi connectivity index (χ4n) is 1.81. The molecule has 2 aromatic rings. The fraction of sp³-hybridized carbons (Fsp3) is 0.188. The average Bonchev–Trinajstić information content (AvgIpc) is 2.48. The van der Waals surface area contributed by atoms with Gasteiger partial charge in [-0.05, 0) is 23.8 Å². The van der Waals surface area contributed by atoms with Gasteiger partial charge in [0.1, 0.15) is 5.25 Å². The molecular weight excluding hydrogens is 292 g/mol. The van der Waals surface area contributed by atoms with Crippen LogP contribution in [0.15, 0.2) is 53.4 Å². The maximum absolute atomic E-state index is 13.3. The summed E-state index contributed by atoms with van der Waals surface area (Å²) in [6.45, 7) is 0. The summed E-state index contributed by atoms with van der Waals surface area (Å²) in [5.41, 5.74) is 0.825. The van der Waals surface area contributed by atoms with E-state index in [1.54, 1.807) is 14.1 Å². The lowest BCUT2D eigenvalue weighted by atomic mass is 10.1. The summed E-state index contributed by atoms with van der Waals surface area (Å²) in [5.74, 6) is -1.91. The molecule has 0 saturated carbocycles. The van der Waals surface area contributed by atoms with Gasteiger partial charge >= 0.3 is 0 Å². The Labute approximate surface area is 126 Å². The van der Waals surface area contributed by atoms with Crippen molar-refractivity contribution in [2.24, 2.45) is 0 Å². The van der Waals surface area contributed by atoms with Gasteiger partial charge in [0.25, 0.3) is 0 Å². The summed E-state index contributed by atoms with van der Waals surface area (Å²) in [6.07, 6.45) is 0. The van der Waals surface area contributed by atoms with Gasteiger partial charge in [-0.25, -0.2) is 8.78 Å². The van der Waals surface area contributed by atoms with Crippen LogP contribution in [0.5, 0.6) is 0 Å². The molecule has 110 valence electrons. The summed E-state index contributed by atoms with van der Waals surface area (Å²) >= 11 is 1.20. The van der Waals surface area contributed by atoms with Crippen molar-refractivity contribution in [2.45, 2.75) is 10.1 Å². The minimum atomic E-state index is -0.913. The van der Waals surface area contributed by atoms with Crippen molar-refractivity contribution in [3.8, 4) is 0 Å². The van der Waals surface area contributed by atoms with E-state index in [4.69, 9.17) is 0 Å². The number of hydrogen-bond donors (Lipinski definition) is 0. The van der Waals surface area contributed by atoms with Gasteiger partial charge in [-0.3, -0.25) is 4.79 Å². The number of carbonyl (C=O) groups is 1. The number of carbonyl (C=O) groups excluding carboxylic acids is 1. The predicted molar refractivity (Wildman–Crippen MR) is 80.1 cm³/mol. The van der Waals surface area contributed by atoms with E-state index in [1.165, 1.54) is 22.7 Å². The highest BCUT2D eigenvalue weighted by Crippen LogP contribution is 2.36. The highest BCUT2D eigenvalue weighted by atomic mass is 32.2. The number of amides is 1. The SMILES string of the molecule is CN(C)C(=O)C(Sc1ccc(F)c(F)c1)c1ccccc1. The molecule has 2 nitrogen and oxygen atoms in total. The largest absolute Gasteiger partial charge is 0.348 e. The van der Waals surface area contributed by atoms with Crippen LogP contribution in [0.2, 0.25) is 0 Å². The van der Waals surface area contributed by atoms with Gasteiger partial charge in [-0.1, -0.05) is 30.3 Å². The number of nitrogens with zero attached hydrogens (tertiary/aromatic N) is 1. The van der Waals surface area contributed by atoms with Gasteiger partial charge in [-0.2, -0.15) is 0 Å². The molecule has 0 aliphatic rings. The van der Waals surface area contributed by atoms with Crippen LogP contribution < -0.4 is 0 Å². The molecule has 0 aliphatic heterocycles. The third-order valence-electron chi connectivity index (χ3n) is 2.91. The minimum absolute atomic E-state index is 0.101. The van der Waals surface area contributed by atoms with Crippen LogP contribution in [0, 0.1) is 11.6 Å². The lowest BCUT2D eigenvalue weighted by molar-refractivity contribution is -0.128. The molecule has 1 atom stereocenters. The van der Waals surface area contributed by atoms with Gasteiger partial charge in [-0.15, -0.1) is 11.8 Å². The Morgan fingerprint density at radius 3 is 2.29 bits per heavy atom. The Morgan fingerprint density at radius 2 is 1.71 bits per heavy atom. The van der Waals surface area contributed by atoms with E-state index in [0.717, 1.165) is 17.7 Å². The van der Waals surface area contributed by atoms with Crippen molar-refractivity contribution in [3.63, 3.8) is 0 Å². The Balaban J connectivity index is 2.32. The number of likely N-dealkylation sites (N-methyl/N-ethyl adjacent to an activating group) is 1. The van der Waals surface area contributed by atoms with Crippen LogP contribution in [0.25, 0.3) is 0 Å². The molecule has 2 aromatic carbocycles. The molecule has 21 heavy (non-hydrogen) atoms. The van der Waals surface area contributed by atoms with E-state index in [9.17, 15) is 13.6 Å². The van der Waals surface area contributed by atoms with E-state index in [-0.39, 0.29) is 5.91 Å². The average molecular weight is 307 g/mol. The van der Waals surface area contributed by atoms with Crippen LogP contribution >= 0.6 is 11.8 Å². The molecule has 5 heteroatoms. The van der Waals surface area contributed by atoms with Crippen molar-refractivity contribution in [1.29, 1.82) is 0 Å². The molecule has 2 rings (SSSR count). The molecule has 1 unspecified atom stereocenters. The lowest BCUT2D eigenvalue weighted by Crippen LogP contribution is -2.26. The second-order valence-electron chi connectivity index (χ2n) is 4.72. The van der Waals surface area contributed by atoms with Crippen molar-refractivity contribution in [1.82, 2.24) is 4.90 Å². The Hall–Kier alpha value is -1.88. The first-order valence-corrected chi connectivity index (χ1v) is 7.25. The zero-order chi connectivity index (χ0) is 15.4. The summed E-state index contributed by atoms with van der Waals surface area (Å²) in [7, 11) is 3.34. The first kappa shape index (κ1) is 15.5. The highest BCUT2D eigenvalue weighted by Gasteiger charge is 2.23. The zero-order valence-electron chi connectivity index (χ0n) is 11.7. The monoisotopic (exact) mass is 307 g/mol. The van der Waals surface area contributed by atoms with Gasteiger partial charge in [0.15, 0.2) is 11.6 Å². The number of rotatable bonds is 4. The maximum Gasteiger partial charge on any atom is 0.240 e. The molecular formula is C16H15F2NOS. The van der Waals surface area contributed by atoms with Gasteiger partial charge < -0.3 is 4.90 Å². The molecule has 0 heterocycles. The molecule has 0 bridgehead atoms. The standard InChI is InChI=1S/C16H15F2NOS/c1-19(2)16(20)15(11-6-4-3-5-7-11)21-12-8-9-13(17)14(18)10-12/h3-10,15H,1-2H3. The van der Waals surface area contributed by atoms with Crippen molar-refractivity contribution in [3.05, 3.63) is 65.7 Å². The van der Waals surface area contributed by atoms with Crippen molar-refractivity contribution >= 4 is 17.7 Å². The molecule has 1 amide bonds. The second kappa shape index (κ2) is 6.72. The Kier molecular flexibility index (Phi) is 4.96. The molecule has 0 fully saturated rings. The van der Waals surface area contributed by atoms with Gasteiger partial charge in [0, 0.05) is 19.0 Å². The van der Waals surface area contributed by atoms with E-state index >= 15 is 0 Å². The fourth-order valence-corrected chi connectivity index (χ4v) is 3.00. The van der Waals surface area contributed by atoms with E-state index < -0.39 is 16.9 Å². The molecule has 0 saturated heterocycles. The molecule has 0 radical (unpaired) electrons. The maximum atomic E-state index is 13.3. The predicted octanol–water partition coefficient (Wildman–Crippen LogP) is 3.89. The summed E-state index contributed by atoms with van der Waals surface area (Å²) in [4.78, 5) is 14.3. The third kappa shape index (κ3) is 3.82. The number of hydrogen-bond acceptors (Lipinski definition) is 2. The quantitative estimate of drug-likeness (QED) is 0.799. The third-order valence-corrected chi connectivity index (χ3v) is 4.15. The Bertz CT molecular complexity index is 631. The summed E-state index contributed by atoms with van der Waals surface area (Å²) < 4.78 is 26.3. The number of benzene rings is 2. The zero-order valence-corrected chi connectivity index (χ0v) is 12.5.